The van der Waals surface area contributed by atoms with E-state index in [-0.39, 0.29) is 5.78 Å². The van der Waals surface area contributed by atoms with Crippen molar-refractivity contribution in [1.82, 2.24) is 4.57 Å². The predicted octanol–water partition coefficient (Wildman–Crippen LogP) is 3.98. The second-order valence-electron chi connectivity index (χ2n) is 5.48. The fraction of sp³-hybridized carbons (Fsp3) is 0.158. The largest absolute Gasteiger partial charge is 0.346 e. The highest BCUT2D eigenvalue weighted by Crippen LogP contribution is 2.27. The van der Waals surface area contributed by atoms with E-state index >= 15 is 0 Å². The van der Waals surface area contributed by atoms with Crippen LogP contribution in [0.15, 0.2) is 54.6 Å². The summed E-state index contributed by atoms with van der Waals surface area (Å²) in [6.45, 7) is 1.94. The molecule has 0 amide bonds. The van der Waals surface area contributed by atoms with Gasteiger partial charge in [-0.2, -0.15) is 5.26 Å². The van der Waals surface area contributed by atoms with E-state index in [4.69, 9.17) is 0 Å². The summed E-state index contributed by atoms with van der Waals surface area (Å²) in [7, 11) is 1.89. The first-order valence-electron chi connectivity index (χ1n) is 7.16. The Hall–Kier alpha value is -2.86. The Balaban J connectivity index is 2.09. The number of nitrogens with zero attached hydrogens (tertiary/aromatic N) is 2. The van der Waals surface area contributed by atoms with Gasteiger partial charge < -0.3 is 4.57 Å². The van der Waals surface area contributed by atoms with Gasteiger partial charge in [-0.1, -0.05) is 42.0 Å². The summed E-state index contributed by atoms with van der Waals surface area (Å²) < 4.78 is 1.93. The fourth-order valence-electron chi connectivity index (χ4n) is 2.81. The lowest BCUT2D eigenvalue weighted by molar-refractivity contribution is 0.0976. The van der Waals surface area contributed by atoms with E-state index in [0.717, 1.165) is 22.2 Å². The maximum absolute atomic E-state index is 12.7. The topological polar surface area (TPSA) is 45.8 Å². The molecular weight excluding hydrogens is 272 g/mol. The molecule has 0 aliphatic carbocycles. The zero-order valence-electron chi connectivity index (χ0n) is 12.6. The summed E-state index contributed by atoms with van der Waals surface area (Å²) in [6.07, 6.45) is 0. The summed E-state index contributed by atoms with van der Waals surface area (Å²) in [5.41, 5.74) is 3.35. The third-order valence-corrected chi connectivity index (χ3v) is 3.98. The van der Waals surface area contributed by atoms with Gasteiger partial charge in [0.2, 0.25) is 0 Å². The van der Waals surface area contributed by atoms with E-state index in [1.54, 1.807) is 6.07 Å². The first-order chi connectivity index (χ1) is 10.6. The maximum Gasteiger partial charge on any atom is 0.185 e. The van der Waals surface area contributed by atoms with Gasteiger partial charge in [0.15, 0.2) is 5.78 Å². The highest BCUT2D eigenvalue weighted by atomic mass is 16.1. The Morgan fingerprint density at radius 1 is 1.14 bits per heavy atom. The first kappa shape index (κ1) is 14.1. The molecule has 3 nitrogen and oxygen atoms in total. The van der Waals surface area contributed by atoms with Gasteiger partial charge in [0.05, 0.1) is 6.07 Å². The van der Waals surface area contributed by atoms with Gasteiger partial charge in [-0.05, 0) is 30.5 Å². The summed E-state index contributed by atoms with van der Waals surface area (Å²) >= 11 is 0. The third-order valence-electron chi connectivity index (χ3n) is 3.98. The number of aryl methyl sites for hydroxylation is 2. The zero-order valence-corrected chi connectivity index (χ0v) is 12.6. The Kier molecular flexibility index (Phi) is 3.52. The number of ketones is 1. The molecule has 0 N–H and O–H groups in total. The van der Waals surface area contributed by atoms with Gasteiger partial charge in [-0.3, -0.25) is 4.79 Å². The molecule has 0 saturated heterocycles. The molecule has 0 aliphatic rings. The van der Waals surface area contributed by atoms with Crippen molar-refractivity contribution in [2.75, 3.05) is 0 Å². The van der Waals surface area contributed by atoms with Crippen LogP contribution in [0, 0.1) is 18.3 Å². The van der Waals surface area contributed by atoms with E-state index in [0.29, 0.717) is 5.56 Å². The molecule has 1 unspecified atom stereocenters. The van der Waals surface area contributed by atoms with Crippen LogP contribution in [0.5, 0.6) is 0 Å². The molecule has 22 heavy (non-hydrogen) atoms. The van der Waals surface area contributed by atoms with Gasteiger partial charge in [0, 0.05) is 23.8 Å². The average Bonchev–Trinajstić information content (AvgIpc) is 2.85. The Bertz CT molecular complexity index is 899. The molecule has 0 aliphatic heterocycles. The summed E-state index contributed by atoms with van der Waals surface area (Å²) in [5.74, 6) is -0.948. The van der Waals surface area contributed by atoms with Crippen LogP contribution in [0.3, 0.4) is 0 Å². The molecule has 3 heteroatoms. The zero-order chi connectivity index (χ0) is 15.7. The number of Topliss-reactive ketones (excluding diaryl/α,β-unsaturated/α-hetero) is 1. The monoisotopic (exact) mass is 288 g/mol. The number of benzene rings is 2. The molecule has 2 aromatic carbocycles. The highest BCUT2D eigenvalue weighted by Gasteiger charge is 2.25. The number of carbonyl (C=O) groups is 1. The lowest BCUT2D eigenvalue weighted by atomic mass is 9.95. The molecule has 0 fully saturated rings. The average molecular weight is 288 g/mol. The molecule has 1 atom stereocenters. The van der Waals surface area contributed by atoms with Crippen molar-refractivity contribution in [3.63, 3.8) is 0 Å². The standard InChI is InChI=1S/C19H16N2O/c1-13-6-5-8-15(10-13)19(22)16(12-20)18-11-14-7-3-4-9-17(14)21(18)2/h3-11,16H,1-2H3. The first-order valence-corrected chi connectivity index (χ1v) is 7.16. The number of carbonyl (C=O) groups excluding carboxylic acids is 1. The molecule has 1 aromatic heterocycles. The van der Waals surface area contributed by atoms with E-state index in [1.165, 1.54) is 0 Å². The second kappa shape index (κ2) is 5.50. The molecule has 0 radical (unpaired) electrons. The summed E-state index contributed by atoms with van der Waals surface area (Å²) in [6, 6.07) is 19.4. The molecule has 0 saturated carbocycles. The van der Waals surface area contributed by atoms with Gasteiger partial charge in [0.25, 0.3) is 0 Å². The third kappa shape index (κ3) is 2.29. The molecule has 0 spiro atoms. The predicted molar refractivity (Wildman–Crippen MR) is 86.8 cm³/mol. The van der Waals surface area contributed by atoms with Crippen molar-refractivity contribution in [2.45, 2.75) is 12.8 Å². The minimum absolute atomic E-state index is 0.155. The van der Waals surface area contributed by atoms with Crippen LogP contribution in [-0.4, -0.2) is 10.4 Å². The number of fused-ring (bicyclic) bond motifs is 1. The molecule has 108 valence electrons. The van der Waals surface area contributed by atoms with Crippen LogP contribution in [0.1, 0.15) is 27.5 Å². The Morgan fingerprint density at radius 2 is 1.91 bits per heavy atom. The van der Waals surface area contributed by atoms with Gasteiger partial charge in [0.1, 0.15) is 5.92 Å². The second-order valence-corrected chi connectivity index (χ2v) is 5.48. The number of aromatic nitrogens is 1. The fourth-order valence-corrected chi connectivity index (χ4v) is 2.81. The van der Waals surface area contributed by atoms with Gasteiger partial charge >= 0.3 is 0 Å². The lowest BCUT2D eigenvalue weighted by Crippen LogP contribution is -2.14. The van der Waals surface area contributed by atoms with Crippen LogP contribution >= 0.6 is 0 Å². The minimum Gasteiger partial charge on any atom is -0.346 e. The van der Waals surface area contributed by atoms with E-state index < -0.39 is 5.92 Å². The van der Waals surface area contributed by atoms with Gasteiger partial charge in [-0.25, -0.2) is 0 Å². The number of hydrogen-bond acceptors (Lipinski definition) is 2. The molecule has 0 bridgehead atoms. The van der Waals surface area contributed by atoms with Crippen molar-refractivity contribution in [1.29, 1.82) is 5.26 Å². The van der Waals surface area contributed by atoms with Gasteiger partial charge in [-0.15, -0.1) is 0 Å². The normalized spacial score (nSPS) is 12.0. The maximum atomic E-state index is 12.7. The number of rotatable bonds is 3. The minimum atomic E-state index is -0.792. The molecular formula is C19H16N2O. The number of nitriles is 1. The van der Waals surface area contributed by atoms with Crippen molar-refractivity contribution in [3.8, 4) is 6.07 Å². The van der Waals surface area contributed by atoms with Crippen LogP contribution in [0.4, 0.5) is 0 Å². The van der Waals surface area contributed by atoms with E-state index in [1.807, 2.05) is 67.1 Å². The quantitative estimate of drug-likeness (QED) is 0.684. The van der Waals surface area contributed by atoms with Crippen LogP contribution in [0.2, 0.25) is 0 Å². The van der Waals surface area contributed by atoms with Crippen LogP contribution in [0.25, 0.3) is 10.9 Å². The van der Waals surface area contributed by atoms with E-state index in [2.05, 4.69) is 6.07 Å². The van der Waals surface area contributed by atoms with Crippen LogP contribution < -0.4 is 0 Å². The van der Waals surface area contributed by atoms with Crippen LogP contribution in [-0.2, 0) is 7.05 Å². The van der Waals surface area contributed by atoms with E-state index in [9.17, 15) is 10.1 Å². The highest BCUT2D eigenvalue weighted by molar-refractivity contribution is 6.03. The summed E-state index contributed by atoms with van der Waals surface area (Å²) in [5, 5.41) is 10.6. The smallest absolute Gasteiger partial charge is 0.185 e. The number of hydrogen-bond donors (Lipinski definition) is 0. The van der Waals surface area contributed by atoms with Crippen molar-refractivity contribution in [3.05, 3.63) is 71.4 Å². The molecule has 1 heterocycles. The molecule has 3 aromatic rings. The van der Waals surface area contributed by atoms with Crippen molar-refractivity contribution < 1.29 is 4.79 Å². The Morgan fingerprint density at radius 3 is 2.59 bits per heavy atom. The Labute approximate surface area is 129 Å². The number of para-hydroxylation sites is 1. The van der Waals surface area contributed by atoms with Crippen molar-refractivity contribution in [2.24, 2.45) is 7.05 Å². The lowest BCUT2D eigenvalue weighted by Gasteiger charge is -2.10. The summed E-state index contributed by atoms with van der Waals surface area (Å²) in [4.78, 5) is 12.7. The molecule has 3 rings (SSSR count). The van der Waals surface area contributed by atoms with Crippen molar-refractivity contribution >= 4 is 16.7 Å². The SMILES string of the molecule is Cc1cccc(C(=O)C(C#N)c2cc3ccccc3n2C)c1.